The molecule has 0 aliphatic carbocycles. The van der Waals surface area contributed by atoms with E-state index in [0.717, 1.165) is 22.3 Å². The quantitative estimate of drug-likeness (QED) is 0.903. The molecule has 0 unspecified atom stereocenters. The van der Waals surface area contributed by atoms with Gasteiger partial charge in [0.05, 0.1) is 12.1 Å². The zero-order chi connectivity index (χ0) is 13.3. The molecule has 1 aromatic carbocycles. The summed E-state index contributed by atoms with van der Waals surface area (Å²) < 4.78 is 19.1. The summed E-state index contributed by atoms with van der Waals surface area (Å²) in [7, 11) is 1.85. The molecule has 4 heteroatoms. The SMILES string of the molecule is CCOc1cc2c(NC)c(C)c(C)nc2cc1F. The molecule has 0 fully saturated rings. The number of anilines is 1. The van der Waals surface area contributed by atoms with Crippen molar-refractivity contribution < 1.29 is 9.13 Å². The van der Waals surface area contributed by atoms with Gasteiger partial charge in [0.1, 0.15) is 0 Å². The van der Waals surface area contributed by atoms with Crippen molar-refractivity contribution in [2.24, 2.45) is 0 Å². The molecule has 2 aromatic rings. The minimum absolute atomic E-state index is 0.270. The van der Waals surface area contributed by atoms with Gasteiger partial charge in [-0.15, -0.1) is 0 Å². The van der Waals surface area contributed by atoms with Crippen LogP contribution in [0.4, 0.5) is 10.1 Å². The summed E-state index contributed by atoms with van der Waals surface area (Å²) in [6.45, 7) is 6.19. The molecule has 0 aliphatic rings. The zero-order valence-electron chi connectivity index (χ0n) is 11.1. The molecule has 0 atom stereocenters. The van der Waals surface area contributed by atoms with Crippen molar-refractivity contribution in [1.29, 1.82) is 0 Å². The number of aryl methyl sites for hydroxylation is 1. The molecule has 0 spiro atoms. The first kappa shape index (κ1) is 12.6. The molecule has 1 aromatic heterocycles. The van der Waals surface area contributed by atoms with E-state index in [1.165, 1.54) is 6.07 Å². The Morgan fingerprint density at radius 2 is 2.06 bits per heavy atom. The van der Waals surface area contributed by atoms with Crippen molar-refractivity contribution >= 4 is 16.6 Å². The molecule has 0 aliphatic heterocycles. The number of benzene rings is 1. The number of rotatable bonds is 3. The first-order chi connectivity index (χ1) is 8.58. The minimum atomic E-state index is -0.373. The molecule has 96 valence electrons. The molecule has 1 heterocycles. The molecule has 18 heavy (non-hydrogen) atoms. The maximum atomic E-state index is 13.8. The van der Waals surface area contributed by atoms with Crippen LogP contribution in [0, 0.1) is 19.7 Å². The molecule has 2 rings (SSSR count). The number of aromatic nitrogens is 1. The third-order valence-corrected chi connectivity index (χ3v) is 3.08. The molecule has 0 bridgehead atoms. The van der Waals surface area contributed by atoms with Gasteiger partial charge in [-0.25, -0.2) is 4.39 Å². The largest absolute Gasteiger partial charge is 0.491 e. The predicted molar refractivity (Wildman–Crippen MR) is 71.9 cm³/mol. The van der Waals surface area contributed by atoms with Crippen molar-refractivity contribution in [2.75, 3.05) is 19.0 Å². The lowest BCUT2D eigenvalue weighted by Gasteiger charge is -2.13. The third kappa shape index (κ3) is 1.98. The van der Waals surface area contributed by atoms with Gasteiger partial charge in [-0.05, 0) is 32.4 Å². The molecule has 1 N–H and O–H groups in total. The van der Waals surface area contributed by atoms with E-state index in [4.69, 9.17) is 4.74 Å². The summed E-state index contributed by atoms with van der Waals surface area (Å²) in [6, 6.07) is 3.13. The van der Waals surface area contributed by atoms with E-state index >= 15 is 0 Å². The number of nitrogens with one attached hydrogen (secondary N) is 1. The number of pyridine rings is 1. The van der Waals surface area contributed by atoms with Gasteiger partial charge >= 0.3 is 0 Å². The second-order valence-electron chi connectivity index (χ2n) is 4.18. The van der Waals surface area contributed by atoms with Crippen LogP contribution >= 0.6 is 0 Å². The Morgan fingerprint density at radius 1 is 1.33 bits per heavy atom. The summed E-state index contributed by atoms with van der Waals surface area (Å²) in [6.07, 6.45) is 0. The molecule has 0 amide bonds. The van der Waals surface area contributed by atoms with Gasteiger partial charge in [-0.1, -0.05) is 0 Å². The van der Waals surface area contributed by atoms with Crippen LogP contribution in [-0.2, 0) is 0 Å². The highest BCUT2D eigenvalue weighted by molar-refractivity contribution is 5.94. The Kier molecular flexibility index (Phi) is 3.36. The van der Waals surface area contributed by atoms with Crippen molar-refractivity contribution in [3.05, 3.63) is 29.2 Å². The van der Waals surface area contributed by atoms with E-state index in [1.807, 2.05) is 27.8 Å². The van der Waals surface area contributed by atoms with Gasteiger partial charge in [-0.2, -0.15) is 0 Å². The van der Waals surface area contributed by atoms with Crippen molar-refractivity contribution in [2.45, 2.75) is 20.8 Å². The summed E-state index contributed by atoms with van der Waals surface area (Å²) in [5, 5.41) is 4.03. The van der Waals surface area contributed by atoms with Crippen LogP contribution in [0.2, 0.25) is 0 Å². The van der Waals surface area contributed by atoms with E-state index in [1.54, 1.807) is 6.07 Å². The molecular weight excluding hydrogens is 231 g/mol. The van der Waals surface area contributed by atoms with Crippen molar-refractivity contribution in [1.82, 2.24) is 4.98 Å². The van der Waals surface area contributed by atoms with Gasteiger partial charge in [0.15, 0.2) is 11.6 Å². The molecule has 0 saturated heterocycles. The Hall–Kier alpha value is -1.84. The van der Waals surface area contributed by atoms with Crippen LogP contribution < -0.4 is 10.1 Å². The lowest BCUT2D eigenvalue weighted by atomic mass is 10.1. The van der Waals surface area contributed by atoms with Crippen LogP contribution in [0.15, 0.2) is 12.1 Å². The van der Waals surface area contributed by atoms with Gasteiger partial charge in [-0.3, -0.25) is 4.98 Å². The molecule has 0 radical (unpaired) electrons. The number of hydrogen-bond acceptors (Lipinski definition) is 3. The highest BCUT2D eigenvalue weighted by Crippen LogP contribution is 2.32. The summed E-state index contributed by atoms with van der Waals surface area (Å²) in [5.41, 5.74) is 3.58. The average molecular weight is 248 g/mol. The summed E-state index contributed by atoms with van der Waals surface area (Å²) >= 11 is 0. The molecule has 0 saturated carbocycles. The van der Waals surface area contributed by atoms with E-state index in [0.29, 0.717) is 12.1 Å². The standard InChI is InChI=1S/C14H17FN2O/c1-5-18-13-6-10-12(7-11(13)15)17-9(3)8(2)14(10)16-4/h6-7H,5H2,1-4H3,(H,16,17). The number of hydrogen-bond donors (Lipinski definition) is 1. The zero-order valence-corrected chi connectivity index (χ0v) is 11.1. The highest BCUT2D eigenvalue weighted by atomic mass is 19.1. The fourth-order valence-electron chi connectivity index (χ4n) is 2.07. The first-order valence-electron chi connectivity index (χ1n) is 5.99. The lowest BCUT2D eigenvalue weighted by molar-refractivity contribution is 0.322. The van der Waals surface area contributed by atoms with Gasteiger partial charge in [0.2, 0.25) is 0 Å². The fraction of sp³-hybridized carbons (Fsp3) is 0.357. The normalized spacial score (nSPS) is 10.7. The van der Waals surface area contributed by atoms with Gasteiger partial charge in [0, 0.05) is 29.9 Å². The fourth-order valence-corrected chi connectivity index (χ4v) is 2.07. The van der Waals surface area contributed by atoms with Crippen LogP contribution in [0.1, 0.15) is 18.2 Å². The van der Waals surface area contributed by atoms with Crippen LogP contribution in [-0.4, -0.2) is 18.6 Å². The van der Waals surface area contributed by atoms with E-state index in [2.05, 4.69) is 10.3 Å². The lowest BCUT2D eigenvalue weighted by Crippen LogP contribution is -2.01. The van der Waals surface area contributed by atoms with Crippen molar-refractivity contribution in [3.8, 4) is 5.75 Å². The minimum Gasteiger partial charge on any atom is -0.491 e. The smallest absolute Gasteiger partial charge is 0.167 e. The topological polar surface area (TPSA) is 34.1 Å². The molecular formula is C14H17FN2O. The Morgan fingerprint density at radius 3 is 2.67 bits per heavy atom. The van der Waals surface area contributed by atoms with E-state index in [-0.39, 0.29) is 11.6 Å². The van der Waals surface area contributed by atoms with Crippen molar-refractivity contribution in [3.63, 3.8) is 0 Å². The van der Waals surface area contributed by atoms with Crippen LogP contribution in [0.3, 0.4) is 0 Å². The van der Waals surface area contributed by atoms with E-state index in [9.17, 15) is 4.39 Å². The average Bonchev–Trinajstić information content (AvgIpc) is 2.33. The maximum Gasteiger partial charge on any atom is 0.167 e. The molecule has 3 nitrogen and oxygen atoms in total. The number of nitrogens with zero attached hydrogens (tertiary/aromatic N) is 1. The number of ether oxygens (including phenoxy) is 1. The van der Waals surface area contributed by atoms with E-state index < -0.39 is 0 Å². The van der Waals surface area contributed by atoms with Gasteiger partial charge < -0.3 is 10.1 Å². The first-order valence-corrected chi connectivity index (χ1v) is 5.99. The summed E-state index contributed by atoms with van der Waals surface area (Å²) in [5.74, 6) is -0.103. The monoisotopic (exact) mass is 248 g/mol. The Bertz CT molecular complexity index is 596. The third-order valence-electron chi connectivity index (χ3n) is 3.08. The van der Waals surface area contributed by atoms with Crippen LogP contribution in [0.5, 0.6) is 5.75 Å². The Balaban J connectivity index is 2.77. The summed E-state index contributed by atoms with van der Waals surface area (Å²) in [4.78, 5) is 4.41. The predicted octanol–water partition coefficient (Wildman–Crippen LogP) is 3.43. The van der Waals surface area contributed by atoms with Crippen LogP contribution in [0.25, 0.3) is 10.9 Å². The number of halogens is 1. The maximum absolute atomic E-state index is 13.8. The second kappa shape index (κ2) is 4.80. The highest BCUT2D eigenvalue weighted by Gasteiger charge is 2.12. The second-order valence-corrected chi connectivity index (χ2v) is 4.18. The van der Waals surface area contributed by atoms with Gasteiger partial charge in [0.25, 0.3) is 0 Å². The number of fused-ring (bicyclic) bond motifs is 1. The Labute approximate surface area is 106 Å².